The number of amides is 1. The minimum Gasteiger partial charge on any atom is -0.493 e. The second kappa shape index (κ2) is 8.65. The van der Waals surface area contributed by atoms with E-state index in [9.17, 15) is 4.79 Å². The van der Waals surface area contributed by atoms with Crippen LogP contribution in [0, 0.1) is 19.8 Å². The number of rotatable bonds is 5. The van der Waals surface area contributed by atoms with Crippen LogP contribution in [0.1, 0.15) is 34.3 Å². The highest BCUT2D eigenvalue weighted by atomic mass is 16.5. The summed E-state index contributed by atoms with van der Waals surface area (Å²) in [6.07, 6.45) is 4.38. The number of hydrogen-bond acceptors (Lipinski definition) is 4. The van der Waals surface area contributed by atoms with Gasteiger partial charge in [0.25, 0.3) is 5.91 Å². The van der Waals surface area contributed by atoms with E-state index in [0.29, 0.717) is 11.5 Å². The Morgan fingerprint density at radius 2 is 1.86 bits per heavy atom. The fourth-order valence-corrected chi connectivity index (χ4v) is 2.99. The minimum absolute atomic E-state index is 0.131. The zero-order valence-corrected chi connectivity index (χ0v) is 16.2. The number of aryl methyl sites for hydroxylation is 2. The van der Waals surface area contributed by atoms with Crippen molar-refractivity contribution in [3.05, 3.63) is 65.4 Å². The summed E-state index contributed by atoms with van der Waals surface area (Å²) in [6, 6.07) is 13.3. The molecule has 3 aromatic rings. The molecule has 0 saturated heterocycles. The summed E-state index contributed by atoms with van der Waals surface area (Å²) in [4.78, 5) is 25.1. The third-order valence-corrected chi connectivity index (χ3v) is 4.79. The van der Waals surface area contributed by atoms with E-state index in [4.69, 9.17) is 9.53 Å². The number of anilines is 1. The van der Waals surface area contributed by atoms with Gasteiger partial charge in [-0.3, -0.25) is 9.78 Å². The third-order valence-electron chi connectivity index (χ3n) is 4.79. The summed E-state index contributed by atoms with van der Waals surface area (Å²) in [5.41, 5.74) is 4.41. The van der Waals surface area contributed by atoms with Gasteiger partial charge in [-0.2, -0.15) is 0 Å². The SMILES string of the molecule is C=O.Cc1cnc2c(C)c(NC(=O)c3ccc(OCC4CC4)cc3)ccc2c1. The lowest BCUT2D eigenvalue weighted by atomic mass is 10.1. The molecule has 0 spiro atoms. The van der Waals surface area contributed by atoms with Gasteiger partial charge in [0.1, 0.15) is 12.5 Å². The van der Waals surface area contributed by atoms with Crippen molar-refractivity contribution in [1.29, 1.82) is 0 Å². The molecule has 1 saturated carbocycles. The molecule has 144 valence electrons. The number of pyridine rings is 1. The third kappa shape index (κ3) is 4.55. The van der Waals surface area contributed by atoms with Crippen molar-refractivity contribution in [2.24, 2.45) is 5.92 Å². The van der Waals surface area contributed by atoms with E-state index in [1.54, 1.807) is 12.1 Å². The predicted molar refractivity (Wildman–Crippen MR) is 111 cm³/mol. The maximum Gasteiger partial charge on any atom is 0.255 e. The lowest BCUT2D eigenvalue weighted by molar-refractivity contribution is -0.0980. The van der Waals surface area contributed by atoms with Gasteiger partial charge in [0.15, 0.2) is 0 Å². The summed E-state index contributed by atoms with van der Waals surface area (Å²) in [7, 11) is 0. The minimum atomic E-state index is -0.131. The van der Waals surface area contributed by atoms with Gasteiger partial charge in [0, 0.05) is 22.8 Å². The van der Waals surface area contributed by atoms with Crippen LogP contribution in [0.25, 0.3) is 10.9 Å². The Balaban J connectivity index is 0.00000109. The molecule has 28 heavy (non-hydrogen) atoms. The first-order chi connectivity index (χ1) is 13.6. The van der Waals surface area contributed by atoms with Crippen LogP contribution in [0.15, 0.2) is 48.7 Å². The molecule has 0 bridgehead atoms. The number of carbonyl (C=O) groups excluding carboxylic acids is 2. The van der Waals surface area contributed by atoms with Crippen molar-refractivity contribution in [1.82, 2.24) is 4.98 Å². The molecule has 4 rings (SSSR count). The first-order valence-corrected chi connectivity index (χ1v) is 9.29. The molecule has 1 amide bonds. The van der Waals surface area contributed by atoms with Crippen LogP contribution >= 0.6 is 0 Å². The van der Waals surface area contributed by atoms with E-state index in [1.165, 1.54) is 12.8 Å². The Bertz CT molecular complexity index is 979. The van der Waals surface area contributed by atoms with Gasteiger partial charge in [-0.15, -0.1) is 0 Å². The first-order valence-electron chi connectivity index (χ1n) is 9.29. The fraction of sp³-hybridized carbons (Fsp3) is 0.261. The van der Waals surface area contributed by atoms with Crippen LogP contribution in [0.2, 0.25) is 0 Å². The van der Waals surface area contributed by atoms with Crippen LogP contribution in [0.5, 0.6) is 5.75 Å². The highest BCUT2D eigenvalue weighted by molar-refractivity contribution is 6.06. The molecule has 1 N–H and O–H groups in total. The number of fused-ring (bicyclic) bond motifs is 1. The van der Waals surface area contributed by atoms with Gasteiger partial charge in [-0.25, -0.2) is 0 Å². The van der Waals surface area contributed by atoms with E-state index in [-0.39, 0.29) is 5.91 Å². The van der Waals surface area contributed by atoms with Crippen molar-refractivity contribution >= 4 is 29.3 Å². The molecule has 1 heterocycles. The number of nitrogens with one attached hydrogen (secondary N) is 1. The molecular formula is C23H24N2O3. The summed E-state index contributed by atoms with van der Waals surface area (Å²) in [6.45, 7) is 6.78. The molecule has 0 radical (unpaired) electrons. The quantitative estimate of drug-likeness (QED) is 0.700. The second-order valence-electron chi connectivity index (χ2n) is 7.06. The summed E-state index contributed by atoms with van der Waals surface area (Å²) in [5, 5.41) is 4.07. The Morgan fingerprint density at radius 3 is 2.54 bits per heavy atom. The van der Waals surface area contributed by atoms with Crippen molar-refractivity contribution in [2.75, 3.05) is 11.9 Å². The molecule has 0 atom stereocenters. The maximum absolute atomic E-state index is 12.6. The van der Waals surface area contributed by atoms with Gasteiger partial charge in [-0.05, 0) is 80.1 Å². The average molecular weight is 376 g/mol. The van der Waals surface area contributed by atoms with Gasteiger partial charge in [0.2, 0.25) is 0 Å². The highest BCUT2D eigenvalue weighted by Crippen LogP contribution is 2.29. The van der Waals surface area contributed by atoms with Crippen LogP contribution in [0.3, 0.4) is 0 Å². The van der Waals surface area contributed by atoms with E-state index >= 15 is 0 Å². The zero-order valence-electron chi connectivity index (χ0n) is 16.2. The van der Waals surface area contributed by atoms with E-state index in [2.05, 4.69) is 16.4 Å². The van der Waals surface area contributed by atoms with Crippen molar-refractivity contribution < 1.29 is 14.3 Å². The second-order valence-corrected chi connectivity index (χ2v) is 7.06. The Kier molecular flexibility index (Phi) is 6.04. The van der Waals surface area contributed by atoms with Crippen LogP contribution in [0.4, 0.5) is 5.69 Å². The van der Waals surface area contributed by atoms with E-state index < -0.39 is 0 Å². The lowest BCUT2D eigenvalue weighted by Gasteiger charge is -2.11. The van der Waals surface area contributed by atoms with E-state index in [0.717, 1.165) is 40.1 Å². The number of benzene rings is 2. The Hall–Kier alpha value is -3.21. The largest absolute Gasteiger partial charge is 0.493 e. The Morgan fingerprint density at radius 1 is 1.14 bits per heavy atom. The average Bonchev–Trinajstić information content (AvgIpc) is 3.55. The van der Waals surface area contributed by atoms with Crippen LogP contribution < -0.4 is 10.1 Å². The number of hydrogen-bond donors (Lipinski definition) is 1. The molecule has 5 heteroatoms. The number of carbonyl (C=O) groups is 2. The van der Waals surface area contributed by atoms with Crippen LogP contribution in [-0.4, -0.2) is 24.3 Å². The molecule has 2 aromatic carbocycles. The molecule has 5 nitrogen and oxygen atoms in total. The fourth-order valence-electron chi connectivity index (χ4n) is 2.99. The summed E-state index contributed by atoms with van der Waals surface area (Å²) in [5.74, 6) is 1.40. The van der Waals surface area contributed by atoms with Crippen LogP contribution in [-0.2, 0) is 4.79 Å². The molecule has 1 aliphatic rings. The maximum atomic E-state index is 12.6. The summed E-state index contributed by atoms with van der Waals surface area (Å²) < 4.78 is 5.72. The topological polar surface area (TPSA) is 68.3 Å². The van der Waals surface area contributed by atoms with E-state index in [1.807, 2.05) is 51.1 Å². The van der Waals surface area contributed by atoms with Gasteiger partial charge >= 0.3 is 0 Å². The lowest BCUT2D eigenvalue weighted by Crippen LogP contribution is -2.13. The standard InChI is InChI=1S/C22H22N2O2.CH2O/c1-14-11-18-7-10-20(15(2)21(18)23-12-14)24-22(25)17-5-8-19(9-6-17)26-13-16-3-4-16;1-2/h5-12,16H,3-4,13H2,1-2H3,(H,24,25);1H2. The predicted octanol–water partition coefficient (Wildman–Crippen LogP) is 4.71. The Labute approximate surface area is 164 Å². The zero-order chi connectivity index (χ0) is 20.1. The molecule has 0 unspecified atom stereocenters. The normalized spacial score (nSPS) is 12.8. The number of aromatic nitrogens is 1. The van der Waals surface area contributed by atoms with Gasteiger partial charge in [0.05, 0.1) is 12.1 Å². The molecule has 1 fully saturated rings. The smallest absolute Gasteiger partial charge is 0.255 e. The number of nitrogens with zero attached hydrogens (tertiary/aromatic N) is 1. The van der Waals surface area contributed by atoms with Crippen molar-refractivity contribution in [3.8, 4) is 5.75 Å². The molecule has 1 aromatic heterocycles. The molecule has 0 aliphatic heterocycles. The van der Waals surface area contributed by atoms with Crippen molar-refractivity contribution in [2.45, 2.75) is 26.7 Å². The monoisotopic (exact) mass is 376 g/mol. The van der Waals surface area contributed by atoms with Gasteiger partial charge in [-0.1, -0.05) is 6.07 Å². The highest BCUT2D eigenvalue weighted by Gasteiger charge is 2.21. The van der Waals surface area contributed by atoms with Crippen molar-refractivity contribution in [3.63, 3.8) is 0 Å². The molecule has 1 aliphatic carbocycles. The van der Waals surface area contributed by atoms with Gasteiger partial charge < -0.3 is 14.8 Å². The molecular weight excluding hydrogens is 352 g/mol. The number of ether oxygens (including phenoxy) is 1. The first kappa shape index (κ1) is 19.5. The summed E-state index contributed by atoms with van der Waals surface area (Å²) >= 11 is 0.